The lowest BCUT2D eigenvalue weighted by Gasteiger charge is -2.30. The van der Waals surface area contributed by atoms with E-state index in [0.717, 1.165) is 37.2 Å². The number of aromatic nitrogens is 3. The Kier molecular flexibility index (Phi) is 4.80. The zero-order valence-electron chi connectivity index (χ0n) is 13.2. The van der Waals surface area contributed by atoms with Crippen molar-refractivity contribution in [1.29, 1.82) is 0 Å². The Labute approximate surface area is 145 Å². The molecule has 3 rings (SSSR count). The number of rotatable bonds is 4. The minimum Gasteiger partial charge on any atom is -0.382 e. The van der Waals surface area contributed by atoms with E-state index in [0.29, 0.717) is 0 Å². The van der Waals surface area contributed by atoms with E-state index >= 15 is 0 Å². The minimum atomic E-state index is -0.244. The Balaban J connectivity index is 1.86. The molecule has 2 aromatic heterocycles. The van der Waals surface area contributed by atoms with E-state index in [1.807, 2.05) is 6.07 Å². The van der Waals surface area contributed by atoms with E-state index < -0.39 is 0 Å². The number of piperidine rings is 1. The summed E-state index contributed by atoms with van der Waals surface area (Å²) in [5.41, 5.74) is 13.3. The van der Waals surface area contributed by atoms with Crippen molar-refractivity contribution >= 4 is 34.7 Å². The zero-order chi connectivity index (χ0) is 17.1. The molecular formula is C16H19ClN6O. The molecule has 2 aromatic rings. The van der Waals surface area contributed by atoms with Crippen LogP contribution < -0.4 is 16.4 Å². The first kappa shape index (κ1) is 16.4. The zero-order valence-corrected chi connectivity index (χ0v) is 14.0. The fourth-order valence-electron chi connectivity index (χ4n) is 2.89. The summed E-state index contributed by atoms with van der Waals surface area (Å²) >= 11 is 5.86. The Hall–Kier alpha value is -2.41. The van der Waals surface area contributed by atoms with Gasteiger partial charge in [0.25, 0.3) is 0 Å². The molecule has 8 heteroatoms. The molecule has 7 nitrogen and oxygen atoms in total. The fraction of sp³-hybridized carbons (Fsp3) is 0.375. The van der Waals surface area contributed by atoms with Gasteiger partial charge < -0.3 is 16.4 Å². The van der Waals surface area contributed by atoms with Crippen molar-refractivity contribution in [2.45, 2.75) is 25.7 Å². The summed E-state index contributed by atoms with van der Waals surface area (Å²) in [5, 5.41) is -0.0152. The third kappa shape index (κ3) is 3.41. The van der Waals surface area contributed by atoms with E-state index in [4.69, 9.17) is 23.1 Å². The molecular weight excluding hydrogens is 328 g/mol. The molecule has 1 aliphatic heterocycles. The highest BCUT2D eigenvalue weighted by molar-refractivity contribution is 6.31. The molecule has 0 saturated carbocycles. The minimum absolute atomic E-state index is 0.00419. The van der Waals surface area contributed by atoms with Crippen molar-refractivity contribution < 1.29 is 4.79 Å². The maximum atomic E-state index is 12.6. The number of pyridine rings is 1. The highest BCUT2D eigenvalue weighted by Gasteiger charge is 2.20. The van der Waals surface area contributed by atoms with Crippen LogP contribution in [0.25, 0.3) is 0 Å². The lowest BCUT2D eigenvalue weighted by atomic mass is 10.0. The van der Waals surface area contributed by atoms with Crippen LogP contribution >= 0.6 is 11.6 Å². The topological polar surface area (TPSA) is 111 Å². The van der Waals surface area contributed by atoms with Crippen LogP contribution in [0.1, 0.15) is 35.3 Å². The molecule has 0 radical (unpaired) electrons. The molecule has 0 unspecified atom stereocenters. The van der Waals surface area contributed by atoms with Crippen LogP contribution in [-0.2, 0) is 6.42 Å². The highest BCUT2D eigenvalue weighted by Crippen LogP contribution is 2.25. The molecule has 0 spiro atoms. The molecule has 1 fully saturated rings. The van der Waals surface area contributed by atoms with Gasteiger partial charge in [0.15, 0.2) is 28.3 Å². The highest BCUT2D eigenvalue weighted by atomic mass is 35.5. The molecule has 0 aromatic carbocycles. The molecule has 4 N–H and O–H groups in total. The van der Waals surface area contributed by atoms with Crippen LogP contribution in [0.15, 0.2) is 18.5 Å². The van der Waals surface area contributed by atoms with E-state index in [1.54, 1.807) is 12.4 Å². The predicted octanol–water partition coefficient (Wildman–Crippen LogP) is 2.11. The van der Waals surface area contributed by atoms with Gasteiger partial charge >= 0.3 is 0 Å². The van der Waals surface area contributed by atoms with Crippen molar-refractivity contribution in [2.24, 2.45) is 0 Å². The summed E-state index contributed by atoms with van der Waals surface area (Å²) in [4.78, 5) is 26.9. The van der Waals surface area contributed by atoms with Gasteiger partial charge in [-0.2, -0.15) is 0 Å². The molecule has 1 saturated heterocycles. The maximum absolute atomic E-state index is 12.6. The Morgan fingerprint density at radius 1 is 1.17 bits per heavy atom. The van der Waals surface area contributed by atoms with Gasteiger partial charge in [-0.15, -0.1) is 0 Å². The second-order valence-corrected chi connectivity index (χ2v) is 6.14. The fourth-order valence-corrected chi connectivity index (χ4v) is 3.01. The maximum Gasteiger partial charge on any atom is 0.189 e. The number of nitrogen functional groups attached to an aromatic ring is 2. The van der Waals surface area contributed by atoms with Crippen molar-refractivity contribution in [3.8, 4) is 0 Å². The first-order chi connectivity index (χ1) is 11.6. The molecule has 0 atom stereocenters. The van der Waals surface area contributed by atoms with Crippen molar-refractivity contribution in [2.75, 3.05) is 29.5 Å². The average Bonchev–Trinajstić information content (AvgIpc) is 2.59. The summed E-state index contributed by atoms with van der Waals surface area (Å²) in [5.74, 6) is -0.231. The second kappa shape index (κ2) is 7.00. The number of Topliss-reactive ketones (excluding diaryl/α,β-unsaturated/α-hetero) is 1. The second-order valence-electron chi connectivity index (χ2n) is 5.79. The molecule has 0 bridgehead atoms. The number of carbonyl (C=O) groups is 1. The number of carbonyl (C=O) groups excluding carboxylic acids is 1. The Morgan fingerprint density at radius 3 is 2.67 bits per heavy atom. The number of halogens is 1. The lowest BCUT2D eigenvalue weighted by Crippen LogP contribution is -2.30. The quantitative estimate of drug-likeness (QED) is 0.815. The molecule has 1 aliphatic rings. The SMILES string of the molecule is Nc1nc(N)c(C(=O)Cc2ccncc2N2CCCCC2)nc1Cl. The van der Waals surface area contributed by atoms with Gasteiger partial charge in [-0.3, -0.25) is 9.78 Å². The number of hydrogen-bond acceptors (Lipinski definition) is 7. The van der Waals surface area contributed by atoms with Crippen LogP contribution in [0.2, 0.25) is 5.15 Å². The number of ketones is 1. The third-order valence-corrected chi connectivity index (χ3v) is 4.38. The first-order valence-electron chi connectivity index (χ1n) is 7.86. The molecule has 3 heterocycles. The number of anilines is 3. The number of nitrogens with two attached hydrogens (primary N) is 2. The standard InChI is InChI=1S/C16H19ClN6O/c17-14-16(19)22-15(18)13(21-14)12(24)8-10-4-5-20-9-11(10)23-6-2-1-3-7-23/h4-5,9H,1-3,6-8H2,(H4,18,19,22). The van der Waals surface area contributed by atoms with Gasteiger partial charge in [0.2, 0.25) is 0 Å². The molecule has 0 aliphatic carbocycles. The van der Waals surface area contributed by atoms with Crippen LogP contribution in [0.3, 0.4) is 0 Å². The summed E-state index contributed by atoms with van der Waals surface area (Å²) in [6.45, 7) is 1.95. The largest absolute Gasteiger partial charge is 0.382 e. The summed E-state index contributed by atoms with van der Waals surface area (Å²) in [6, 6.07) is 1.85. The van der Waals surface area contributed by atoms with Gasteiger partial charge in [-0.25, -0.2) is 9.97 Å². The van der Waals surface area contributed by atoms with Crippen LogP contribution in [-0.4, -0.2) is 33.8 Å². The van der Waals surface area contributed by atoms with Crippen LogP contribution in [0.4, 0.5) is 17.3 Å². The molecule has 0 amide bonds. The Bertz CT molecular complexity index is 760. The van der Waals surface area contributed by atoms with Gasteiger partial charge in [-0.05, 0) is 30.9 Å². The lowest BCUT2D eigenvalue weighted by molar-refractivity contribution is 0.0989. The smallest absolute Gasteiger partial charge is 0.189 e. The number of nitrogens with zero attached hydrogens (tertiary/aromatic N) is 4. The van der Waals surface area contributed by atoms with Crippen molar-refractivity contribution in [3.05, 3.63) is 34.9 Å². The van der Waals surface area contributed by atoms with Crippen LogP contribution in [0.5, 0.6) is 0 Å². The summed E-state index contributed by atoms with van der Waals surface area (Å²) in [6.07, 6.45) is 7.18. The predicted molar refractivity (Wildman–Crippen MR) is 94.2 cm³/mol. The van der Waals surface area contributed by atoms with Crippen molar-refractivity contribution in [3.63, 3.8) is 0 Å². The van der Waals surface area contributed by atoms with E-state index in [-0.39, 0.29) is 34.7 Å². The van der Waals surface area contributed by atoms with Gasteiger partial charge in [0, 0.05) is 25.7 Å². The Morgan fingerprint density at radius 2 is 1.92 bits per heavy atom. The van der Waals surface area contributed by atoms with Crippen LogP contribution in [0, 0.1) is 0 Å². The molecule has 126 valence electrons. The van der Waals surface area contributed by atoms with Crippen molar-refractivity contribution in [1.82, 2.24) is 15.0 Å². The average molecular weight is 347 g/mol. The van der Waals surface area contributed by atoms with E-state index in [1.165, 1.54) is 6.42 Å². The normalized spacial score (nSPS) is 14.6. The summed E-state index contributed by atoms with van der Waals surface area (Å²) < 4.78 is 0. The van der Waals surface area contributed by atoms with E-state index in [2.05, 4.69) is 19.9 Å². The van der Waals surface area contributed by atoms with Gasteiger partial charge in [0.05, 0.1) is 11.9 Å². The number of hydrogen-bond donors (Lipinski definition) is 2. The first-order valence-corrected chi connectivity index (χ1v) is 8.23. The summed E-state index contributed by atoms with van der Waals surface area (Å²) in [7, 11) is 0. The van der Waals surface area contributed by atoms with E-state index in [9.17, 15) is 4.79 Å². The van der Waals surface area contributed by atoms with Gasteiger partial charge in [-0.1, -0.05) is 11.6 Å². The van der Waals surface area contributed by atoms with Gasteiger partial charge in [0.1, 0.15) is 0 Å². The monoisotopic (exact) mass is 346 g/mol. The third-order valence-electron chi connectivity index (χ3n) is 4.10. The molecule has 24 heavy (non-hydrogen) atoms.